The molecule has 1 unspecified atom stereocenters. The Labute approximate surface area is 131 Å². The van der Waals surface area contributed by atoms with Crippen LogP contribution in [0.2, 0.25) is 0 Å². The van der Waals surface area contributed by atoms with E-state index in [2.05, 4.69) is 20.7 Å². The van der Waals surface area contributed by atoms with Crippen LogP contribution in [0.4, 0.5) is 11.4 Å². The highest BCUT2D eigenvalue weighted by atomic mass is 16.6. The number of carbonyl (C=O) groups is 1. The largest absolute Gasteiger partial charge is 0.495 e. The van der Waals surface area contributed by atoms with Crippen molar-refractivity contribution < 1.29 is 14.5 Å². The number of anilines is 1. The molecule has 1 atom stereocenters. The summed E-state index contributed by atoms with van der Waals surface area (Å²) in [6, 6.07) is 4.09. The van der Waals surface area contributed by atoms with E-state index in [0.717, 1.165) is 11.4 Å². The van der Waals surface area contributed by atoms with Crippen LogP contribution in [0.1, 0.15) is 17.8 Å². The van der Waals surface area contributed by atoms with Gasteiger partial charge in [0.1, 0.15) is 5.75 Å². The van der Waals surface area contributed by atoms with Gasteiger partial charge in [0, 0.05) is 24.5 Å². The smallest absolute Gasteiger partial charge is 0.271 e. The van der Waals surface area contributed by atoms with Gasteiger partial charge in [-0.25, -0.2) is 0 Å². The molecule has 2 N–H and O–H groups in total. The average Bonchev–Trinajstić information content (AvgIpc) is 3.02. The molecule has 1 aromatic heterocycles. The van der Waals surface area contributed by atoms with Crippen molar-refractivity contribution in [2.75, 3.05) is 12.4 Å². The second kappa shape index (κ2) is 6.03. The van der Waals surface area contributed by atoms with Crippen molar-refractivity contribution in [3.63, 3.8) is 0 Å². The van der Waals surface area contributed by atoms with Gasteiger partial charge in [0.2, 0.25) is 5.91 Å². The van der Waals surface area contributed by atoms with Gasteiger partial charge in [-0.15, -0.1) is 0 Å². The topological polar surface area (TPSA) is 123 Å². The standard InChI is InChI=1S/C14H15N5O4/c1-23-13-5-3-9(19(21)22)7-12(13)15-14(20)8-2-4-10-11(6-8)17-18-16-10/h3,5,7-8H,2,4,6H2,1H3,(H,15,20)(H,16,17,18). The van der Waals surface area contributed by atoms with E-state index in [9.17, 15) is 14.9 Å². The lowest BCUT2D eigenvalue weighted by Gasteiger charge is -2.20. The summed E-state index contributed by atoms with van der Waals surface area (Å²) < 4.78 is 5.15. The molecule has 120 valence electrons. The molecule has 1 amide bonds. The summed E-state index contributed by atoms with van der Waals surface area (Å²) >= 11 is 0. The van der Waals surface area contributed by atoms with Gasteiger partial charge in [-0.1, -0.05) is 0 Å². The molecule has 0 radical (unpaired) electrons. The van der Waals surface area contributed by atoms with E-state index in [4.69, 9.17) is 4.74 Å². The zero-order valence-corrected chi connectivity index (χ0v) is 12.4. The lowest BCUT2D eigenvalue weighted by Crippen LogP contribution is -2.28. The SMILES string of the molecule is COc1ccc([N+](=O)[O-])cc1NC(=O)C1CCc2n[nH]nc2C1. The Bertz CT molecular complexity index is 757. The van der Waals surface area contributed by atoms with E-state index in [1.165, 1.54) is 25.3 Å². The number of hydrogen-bond donors (Lipinski definition) is 2. The summed E-state index contributed by atoms with van der Waals surface area (Å²) in [6.07, 6.45) is 1.83. The van der Waals surface area contributed by atoms with Crippen molar-refractivity contribution >= 4 is 17.3 Å². The Morgan fingerprint density at radius 1 is 1.43 bits per heavy atom. The summed E-state index contributed by atoms with van der Waals surface area (Å²) in [5.41, 5.74) is 1.87. The third kappa shape index (κ3) is 2.98. The van der Waals surface area contributed by atoms with Gasteiger partial charge >= 0.3 is 0 Å². The minimum Gasteiger partial charge on any atom is -0.495 e. The van der Waals surface area contributed by atoms with Gasteiger partial charge in [-0.2, -0.15) is 15.4 Å². The molecule has 23 heavy (non-hydrogen) atoms. The number of amides is 1. The molecule has 1 aromatic carbocycles. The van der Waals surface area contributed by atoms with E-state index >= 15 is 0 Å². The molecule has 1 aliphatic rings. The number of hydrogen-bond acceptors (Lipinski definition) is 6. The Morgan fingerprint density at radius 3 is 2.96 bits per heavy atom. The maximum atomic E-state index is 12.5. The molecule has 0 fully saturated rings. The quantitative estimate of drug-likeness (QED) is 0.650. The second-order valence-electron chi connectivity index (χ2n) is 5.29. The van der Waals surface area contributed by atoms with Crippen molar-refractivity contribution in [3.05, 3.63) is 39.7 Å². The number of ether oxygens (including phenoxy) is 1. The number of aryl methyl sites for hydroxylation is 1. The fraction of sp³-hybridized carbons (Fsp3) is 0.357. The number of non-ortho nitro benzene ring substituents is 1. The van der Waals surface area contributed by atoms with Crippen LogP contribution in [-0.2, 0) is 17.6 Å². The Hall–Kier alpha value is -2.97. The molecular formula is C14H15N5O4. The number of methoxy groups -OCH3 is 1. The summed E-state index contributed by atoms with van der Waals surface area (Å²) in [5, 5.41) is 24.2. The number of nitro groups is 1. The van der Waals surface area contributed by atoms with E-state index in [0.29, 0.717) is 25.0 Å². The average molecular weight is 317 g/mol. The van der Waals surface area contributed by atoms with E-state index < -0.39 is 4.92 Å². The Kier molecular flexibility index (Phi) is 3.92. The van der Waals surface area contributed by atoms with Gasteiger partial charge in [0.05, 0.1) is 29.1 Å². The highest BCUT2D eigenvalue weighted by Crippen LogP contribution is 2.30. The number of fused-ring (bicyclic) bond motifs is 1. The van der Waals surface area contributed by atoms with Crippen LogP contribution in [0.3, 0.4) is 0 Å². The summed E-state index contributed by atoms with van der Waals surface area (Å²) in [4.78, 5) is 22.8. The molecule has 9 nitrogen and oxygen atoms in total. The molecule has 2 aromatic rings. The van der Waals surface area contributed by atoms with Crippen LogP contribution in [0, 0.1) is 16.0 Å². The summed E-state index contributed by atoms with van der Waals surface area (Å²) in [5.74, 6) is -0.0871. The van der Waals surface area contributed by atoms with Gasteiger partial charge in [-0.3, -0.25) is 14.9 Å². The van der Waals surface area contributed by atoms with Crippen molar-refractivity contribution in [1.82, 2.24) is 15.4 Å². The van der Waals surface area contributed by atoms with E-state index in [1.807, 2.05) is 0 Å². The highest BCUT2D eigenvalue weighted by Gasteiger charge is 2.28. The first-order valence-electron chi connectivity index (χ1n) is 7.10. The molecular weight excluding hydrogens is 302 g/mol. The van der Waals surface area contributed by atoms with Gasteiger partial charge in [-0.05, 0) is 18.9 Å². The molecule has 0 bridgehead atoms. The number of aromatic amines is 1. The molecule has 1 aliphatic carbocycles. The molecule has 9 heteroatoms. The number of nitrogens with zero attached hydrogens (tertiary/aromatic N) is 3. The normalized spacial score (nSPS) is 16.5. The Morgan fingerprint density at radius 2 is 2.22 bits per heavy atom. The lowest BCUT2D eigenvalue weighted by atomic mass is 9.89. The van der Waals surface area contributed by atoms with Crippen molar-refractivity contribution in [3.8, 4) is 5.75 Å². The zero-order chi connectivity index (χ0) is 16.4. The number of aromatic nitrogens is 3. The molecule has 0 saturated heterocycles. The molecule has 1 heterocycles. The predicted molar refractivity (Wildman–Crippen MR) is 80.2 cm³/mol. The predicted octanol–water partition coefficient (Wildman–Crippen LogP) is 1.47. The van der Waals surface area contributed by atoms with Crippen LogP contribution in [-0.4, -0.2) is 33.4 Å². The van der Waals surface area contributed by atoms with Crippen molar-refractivity contribution in [2.45, 2.75) is 19.3 Å². The minimum atomic E-state index is -0.516. The van der Waals surface area contributed by atoms with Gasteiger partial charge in [0.15, 0.2) is 0 Å². The summed E-state index contributed by atoms with van der Waals surface area (Å²) in [7, 11) is 1.44. The first kappa shape index (κ1) is 14.9. The first-order valence-corrected chi connectivity index (χ1v) is 7.10. The number of nitro benzene ring substituents is 1. The lowest BCUT2D eigenvalue weighted by molar-refractivity contribution is -0.384. The molecule has 0 saturated carbocycles. The molecule has 0 aliphatic heterocycles. The van der Waals surface area contributed by atoms with Gasteiger partial charge in [0.25, 0.3) is 5.69 Å². The van der Waals surface area contributed by atoms with Crippen LogP contribution in [0.25, 0.3) is 0 Å². The van der Waals surface area contributed by atoms with E-state index in [-0.39, 0.29) is 23.2 Å². The fourth-order valence-corrected chi connectivity index (χ4v) is 2.65. The number of benzene rings is 1. The third-order valence-corrected chi connectivity index (χ3v) is 3.89. The maximum absolute atomic E-state index is 12.5. The zero-order valence-electron chi connectivity index (χ0n) is 12.4. The van der Waals surface area contributed by atoms with Crippen molar-refractivity contribution in [1.29, 1.82) is 0 Å². The highest BCUT2D eigenvalue weighted by molar-refractivity contribution is 5.94. The minimum absolute atomic E-state index is 0.108. The second-order valence-corrected chi connectivity index (χ2v) is 5.29. The number of carbonyl (C=O) groups excluding carboxylic acids is 1. The number of rotatable bonds is 4. The molecule has 0 spiro atoms. The number of H-pyrrole nitrogens is 1. The monoisotopic (exact) mass is 317 g/mol. The first-order chi connectivity index (χ1) is 11.1. The van der Waals surface area contributed by atoms with Crippen LogP contribution in [0.15, 0.2) is 18.2 Å². The third-order valence-electron chi connectivity index (χ3n) is 3.89. The Balaban J connectivity index is 1.77. The van der Waals surface area contributed by atoms with Crippen LogP contribution in [0.5, 0.6) is 5.75 Å². The van der Waals surface area contributed by atoms with Gasteiger partial charge < -0.3 is 10.1 Å². The van der Waals surface area contributed by atoms with Crippen LogP contribution < -0.4 is 10.1 Å². The van der Waals surface area contributed by atoms with E-state index in [1.54, 1.807) is 0 Å². The van der Waals surface area contributed by atoms with Crippen molar-refractivity contribution in [2.24, 2.45) is 5.92 Å². The maximum Gasteiger partial charge on any atom is 0.271 e. The number of nitrogens with one attached hydrogen (secondary N) is 2. The van der Waals surface area contributed by atoms with Crippen LogP contribution >= 0.6 is 0 Å². The summed E-state index contributed by atoms with van der Waals surface area (Å²) in [6.45, 7) is 0. The fourth-order valence-electron chi connectivity index (χ4n) is 2.65. The molecule has 3 rings (SSSR count).